The molecule has 1 aliphatic carbocycles. The van der Waals surface area contributed by atoms with Crippen molar-refractivity contribution in [1.29, 1.82) is 0 Å². The number of nitrogens with zero attached hydrogens (tertiary/aromatic N) is 3. The average Bonchev–Trinajstić information content (AvgIpc) is 3.08. The summed E-state index contributed by atoms with van der Waals surface area (Å²) >= 11 is 1.76. The fourth-order valence-electron chi connectivity index (χ4n) is 2.85. The first-order valence-corrected chi connectivity index (χ1v) is 8.27. The molecule has 2 aromatic rings. The molecule has 2 aromatic heterocycles. The van der Waals surface area contributed by atoms with E-state index in [9.17, 15) is 0 Å². The molecule has 5 heteroatoms. The van der Waals surface area contributed by atoms with Gasteiger partial charge in [0.1, 0.15) is 5.01 Å². The van der Waals surface area contributed by atoms with Crippen molar-refractivity contribution in [2.45, 2.75) is 58.0 Å². The molecule has 1 atom stereocenters. The van der Waals surface area contributed by atoms with Crippen LogP contribution >= 0.6 is 11.3 Å². The van der Waals surface area contributed by atoms with E-state index in [0.717, 1.165) is 11.0 Å². The summed E-state index contributed by atoms with van der Waals surface area (Å²) in [4.78, 5) is 10.3. The van der Waals surface area contributed by atoms with Crippen LogP contribution < -0.4 is 5.32 Å². The summed E-state index contributed by atoms with van der Waals surface area (Å²) in [6.45, 7) is 4.29. The maximum absolute atomic E-state index is 4.50. The largest absolute Gasteiger partial charge is 0.353 e. The minimum atomic E-state index is 0.238. The molecule has 20 heavy (non-hydrogen) atoms. The van der Waals surface area contributed by atoms with Gasteiger partial charge in [-0.2, -0.15) is 0 Å². The van der Waals surface area contributed by atoms with Gasteiger partial charge < -0.3 is 9.88 Å². The van der Waals surface area contributed by atoms with Crippen LogP contribution in [0.25, 0.3) is 0 Å². The molecular weight excluding hydrogens is 268 g/mol. The topological polar surface area (TPSA) is 42.7 Å². The Morgan fingerprint density at radius 2 is 2.10 bits per heavy atom. The van der Waals surface area contributed by atoms with E-state index in [4.69, 9.17) is 0 Å². The molecule has 0 amide bonds. The van der Waals surface area contributed by atoms with Crippen molar-refractivity contribution in [3.05, 3.63) is 28.5 Å². The average molecular weight is 290 g/mol. The van der Waals surface area contributed by atoms with E-state index in [2.05, 4.69) is 33.7 Å². The van der Waals surface area contributed by atoms with Crippen LogP contribution in [-0.4, -0.2) is 20.6 Å². The lowest BCUT2D eigenvalue weighted by molar-refractivity contribution is 0.458. The van der Waals surface area contributed by atoms with Crippen molar-refractivity contribution in [3.8, 4) is 0 Å². The molecule has 0 aromatic carbocycles. The van der Waals surface area contributed by atoms with Gasteiger partial charge >= 0.3 is 0 Å². The van der Waals surface area contributed by atoms with Gasteiger partial charge in [0.25, 0.3) is 0 Å². The van der Waals surface area contributed by atoms with E-state index < -0.39 is 0 Å². The van der Waals surface area contributed by atoms with Crippen LogP contribution in [0.15, 0.2) is 18.6 Å². The van der Waals surface area contributed by atoms with Gasteiger partial charge in [0.05, 0.1) is 6.04 Å². The Bertz CT molecular complexity index is 554. The third kappa shape index (κ3) is 2.87. The minimum Gasteiger partial charge on any atom is -0.353 e. The Balaban J connectivity index is 1.75. The van der Waals surface area contributed by atoms with E-state index in [-0.39, 0.29) is 6.04 Å². The molecule has 1 aliphatic rings. The van der Waals surface area contributed by atoms with Crippen LogP contribution in [0.4, 0.5) is 5.95 Å². The van der Waals surface area contributed by atoms with Crippen LogP contribution in [0.1, 0.15) is 55.0 Å². The van der Waals surface area contributed by atoms with E-state index >= 15 is 0 Å². The summed E-state index contributed by atoms with van der Waals surface area (Å²) in [6, 6.07) is 0.817. The highest BCUT2D eigenvalue weighted by Gasteiger charge is 2.18. The molecular formula is C15H22N4S. The summed E-state index contributed by atoms with van der Waals surface area (Å²) in [7, 11) is 0. The summed E-state index contributed by atoms with van der Waals surface area (Å²) in [5, 5.41) is 4.76. The number of nitrogens with one attached hydrogen (secondary N) is 1. The van der Waals surface area contributed by atoms with Gasteiger partial charge in [0.15, 0.2) is 0 Å². The first-order chi connectivity index (χ1) is 9.74. The van der Waals surface area contributed by atoms with E-state index in [1.807, 2.05) is 18.6 Å². The highest BCUT2D eigenvalue weighted by Crippen LogP contribution is 2.27. The van der Waals surface area contributed by atoms with Crippen molar-refractivity contribution in [3.63, 3.8) is 0 Å². The molecule has 1 saturated carbocycles. The highest BCUT2D eigenvalue weighted by molar-refractivity contribution is 7.11. The van der Waals surface area contributed by atoms with Gasteiger partial charge in [-0.05, 0) is 26.7 Å². The summed E-state index contributed by atoms with van der Waals surface area (Å²) in [5.74, 6) is 0.984. The first-order valence-electron chi connectivity index (χ1n) is 7.46. The number of aromatic nitrogens is 3. The molecule has 3 rings (SSSR count). The Morgan fingerprint density at radius 3 is 2.80 bits per heavy atom. The molecule has 1 fully saturated rings. The summed E-state index contributed by atoms with van der Waals surface area (Å²) in [5.41, 5.74) is 0. The van der Waals surface area contributed by atoms with Crippen LogP contribution in [0.5, 0.6) is 0 Å². The Kier molecular flexibility index (Phi) is 4.05. The zero-order valence-corrected chi connectivity index (χ0v) is 13.0. The summed E-state index contributed by atoms with van der Waals surface area (Å²) in [6.07, 6.45) is 12.4. The van der Waals surface area contributed by atoms with E-state index in [0.29, 0.717) is 6.04 Å². The maximum atomic E-state index is 4.50. The molecule has 1 N–H and O–H groups in total. The normalized spacial score (nSPS) is 18.1. The number of thiazole rings is 1. The fourth-order valence-corrected chi connectivity index (χ4v) is 3.68. The van der Waals surface area contributed by atoms with Crippen molar-refractivity contribution >= 4 is 17.3 Å². The van der Waals surface area contributed by atoms with Crippen LogP contribution in [-0.2, 0) is 0 Å². The zero-order chi connectivity index (χ0) is 13.9. The molecule has 0 radical (unpaired) electrons. The Labute approximate surface area is 124 Å². The SMILES string of the molecule is Cc1cnc(C(C)n2ccnc2NC2CCCCC2)s1. The number of aryl methyl sites for hydroxylation is 1. The zero-order valence-electron chi connectivity index (χ0n) is 12.2. The van der Waals surface area contributed by atoms with Crippen molar-refractivity contribution < 1.29 is 0 Å². The second-order valence-electron chi connectivity index (χ2n) is 5.62. The molecule has 2 heterocycles. The van der Waals surface area contributed by atoms with Gasteiger partial charge in [-0.15, -0.1) is 11.3 Å². The number of hydrogen-bond donors (Lipinski definition) is 1. The lowest BCUT2D eigenvalue weighted by atomic mass is 9.96. The first kappa shape index (κ1) is 13.6. The molecule has 0 spiro atoms. The number of imidazole rings is 1. The van der Waals surface area contributed by atoms with Gasteiger partial charge in [0.2, 0.25) is 5.95 Å². The van der Waals surface area contributed by atoms with Gasteiger partial charge in [0, 0.05) is 29.5 Å². The Hall–Kier alpha value is -1.36. The lowest BCUT2D eigenvalue weighted by Gasteiger charge is -2.24. The monoisotopic (exact) mass is 290 g/mol. The molecule has 0 saturated heterocycles. The molecule has 0 bridgehead atoms. The van der Waals surface area contributed by atoms with E-state index in [1.54, 1.807) is 11.3 Å². The standard InChI is InChI=1S/C15H22N4S/c1-11-10-17-14(20-11)12(2)19-9-8-16-15(19)18-13-6-4-3-5-7-13/h8-10,12-13H,3-7H2,1-2H3,(H,16,18). The smallest absolute Gasteiger partial charge is 0.203 e. The van der Waals surface area contributed by atoms with Gasteiger partial charge in [-0.3, -0.25) is 0 Å². The molecule has 0 aliphatic heterocycles. The quantitative estimate of drug-likeness (QED) is 0.925. The second-order valence-corrected chi connectivity index (χ2v) is 6.89. The Morgan fingerprint density at radius 1 is 1.30 bits per heavy atom. The number of anilines is 1. The van der Waals surface area contributed by atoms with Crippen molar-refractivity contribution in [1.82, 2.24) is 14.5 Å². The molecule has 1 unspecified atom stereocenters. The van der Waals surface area contributed by atoms with Gasteiger partial charge in [-0.25, -0.2) is 9.97 Å². The van der Waals surface area contributed by atoms with Crippen molar-refractivity contribution in [2.24, 2.45) is 0 Å². The summed E-state index contributed by atoms with van der Waals surface area (Å²) < 4.78 is 2.20. The fraction of sp³-hybridized carbons (Fsp3) is 0.600. The predicted molar refractivity (Wildman–Crippen MR) is 83.4 cm³/mol. The number of hydrogen-bond acceptors (Lipinski definition) is 4. The molecule has 4 nitrogen and oxygen atoms in total. The third-order valence-corrected chi connectivity index (χ3v) is 5.10. The second kappa shape index (κ2) is 5.95. The lowest BCUT2D eigenvalue weighted by Crippen LogP contribution is -2.25. The number of rotatable bonds is 4. The van der Waals surface area contributed by atoms with Crippen molar-refractivity contribution in [2.75, 3.05) is 5.32 Å². The highest BCUT2D eigenvalue weighted by atomic mass is 32.1. The van der Waals surface area contributed by atoms with Crippen LogP contribution in [0, 0.1) is 6.92 Å². The molecule has 108 valence electrons. The van der Waals surface area contributed by atoms with Gasteiger partial charge in [-0.1, -0.05) is 19.3 Å². The maximum Gasteiger partial charge on any atom is 0.203 e. The van der Waals surface area contributed by atoms with Crippen LogP contribution in [0.2, 0.25) is 0 Å². The third-order valence-electron chi connectivity index (χ3n) is 4.02. The van der Waals surface area contributed by atoms with E-state index in [1.165, 1.54) is 37.0 Å². The van der Waals surface area contributed by atoms with Crippen LogP contribution in [0.3, 0.4) is 0 Å². The predicted octanol–water partition coefficient (Wildman–Crippen LogP) is 4.00. The minimum absolute atomic E-state index is 0.238.